The van der Waals surface area contributed by atoms with Crippen molar-refractivity contribution in [3.8, 4) is 5.75 Å². The molecule has 0 atom stereocenters. The Bertz CT molecular complexity index is 749. The quantitative estimate of drug-likeness (QED) is 0.883. The Balaban J connectivity index is 2.83. The molecule has 1 aromatic carbocycles. The number of methoxy groups -OCH3 is 1. The summed E-state index contributed by atoms with van der Waals surface area (Å²) in [5.74, 6) is -1.45. The summed E-state index contributed by atoms with van der Waals surface area (Å²) in [6.45, 7) is 1.42. The summed E-state index contributed by atoms with van der Waals surface area (Å²) in [7, 11) is 1.13. The Morgan fingerprint density at radius 3 is 2.48 bits per heavy atom. The first kappa shape index (κ1) is 17.1. The van der Waals surface area contributed by atoms with E-state index in [0.29, 0.717) is 16.6 Å². The van der Waals surface area contributed by atoms with Crippen LogP contribution in [0.25, 0.3) is 10.9 Å². The number of hydrogen-bond donors (Lipinski definition) is 2. The van der Waals surface area contributed by atoms with E-state index in [4.69, 9.17) is 14.9 Å². The van der Waals surface area contributed by atoms with Crippen molar-refractivity contribution in [2.24, 2.45) is 0 Å². The molecular formula is C15H16F3NO4. The molecule has 0 saturated heterocycles. The first-order valence-corrected chi connectivity index (χ1v) is 6.80. The van der Waals surface area contributed by atoms with Gasteiger partial charge in [0.15, 0.2) is 0 Å². The Kier molecular flexibility index (Phi) is 4.56. The normalized spacial score (nSPS) is 11.9. The molecule has 2 N–H and O–H groups in total. The van der Waals surface area contributed by atoms with E-state index in [9.17, 15) is 18.0 Å². The molecule has 2 aromatic rings. The number of carbonyl (C=O) groups is 1. The van der Waals surface area contributed by atoms with Crippen molar-refractivity contribution in [2.75, 3.05) is 13.7 Å². The number of hydrogen-bond acceptors (Lipinski definition) is 3. The number of aliphatic carboxylic acids is 1. The minimum atomic E-state index is -4.60. The average molecular weight is 331 g/mol. The molecule has 0 spiro atoms. The fourth-order valence-corrected chi connectivity index (χ4v) is 2.72. The Morgan fingerprint density at radius 1 is 1.35 bits per heavy atom. The van der Waals surface area contributed by atoms with Crippen LogP contribution in [0.2, 0.25) is 0 Å². The molecule has 0 aliphatic heterocycles. The number of benzene rings is 1. The number of carboxylic acids is 1. The number of carboxylic acid groups (broad SMARTS) is 1. The van der Waals surface area contributed by atoms with Gasteiger partial charge in [-0.1, -0.05) is 0 Å². The summed E-state index contributed by atoms with van der Waals surface area (Å²) >= 11 is 0. The van der Waals surface area contributed by atoms with Gasteiger partial charge in [0, 0.05) is 23.1 Å². The Labute approximate surface area is 129 Å². The first-order valence-electron chi connectivity index (χ1n) is 6.80. The number of aliphatic hydroxyl groups excluding tert-OH is 1. The van der Waals surface area contributed by atoms with Gasteiger partial charge in [-0.15, -0.1) is 0 Å². The summed E-state index contributed by atoms with van der Waals surface area (Å²) < 4.78 is 45.8. The third-order valence-corrected chi connectivity index (χ3v) is 3.73. The topological polar surface area (TPSA) is 71.7 Å². The second-order valence-electron chi connectivity index (χ2n) is 5.08. The third kappa shape index (κ3) is 3.12. The second-order valence-corrected chi connectivity index (χ2v) is 5.08. The van der Waals surface area contributed by atoms with Gasteiger partial charge in [-0.3, -0.25) is 4.79 Å². The highest BCUT2D eigenvalue weighted by Crippen LogP contribution is 2.40. The van der Waals surface area contributed by atoms with Crippen LogP contribution in [0.5, 0.6) is 5.75 Å². The van der Waals surface area contributed by atoms with Crippen molar-refractivity contribution in [2.45, 2.75) is 26.1 Å². The third-order valence-electron chi connectivity index (χ3n) is 3.73. The van der Waals surface area contributed by atoms with Crippen LogP contribution in [0.1, 0.15) is 16.8 Å². The SMILES string of the molecule is COc1cc2c(CC(=O)O)c(C)n(CCO)c2cc1C(F)(F)F. The maximum atomic E-state index is 13.2. The minimum Gasteiger partial charge on any atom is -0.496 e. The van der Waals surface area contributed by atoms with Crippen molar-refractivity contribution in [3.63, 3.8) is 0 Å². The predicted octanol–water partition coefficient (Wildman–Crippen LogP) is 2.60. The number of aliphatic hydroxyl groups is 1. The van der Waals surface area contributed by atoms with E-state index in [2.05, 4.69) is 0 Å². The number of aromatic nitrogens is 1. The van der Waals surface area contributed by atoms with E-state index in [-0.39, 0.29) is 30.8 Å². The fraction of sp³-hybridized carbons (Fsp3) is 0.400. The van der Waals surface area contributed by atoms with Gasteiger partial charge in [-0.25, -0.2) is 0 Å². The summed E-state index contributed by atoms with van der Waals surface area (Å²) in [6, 6.07) is 2.14. The maximum absolute atomic E-state index is 13.2. The largest absolute Gasteiger partial charge is 0.496 e. The number of fused-ring (bicyclic) bond motifs is 1. The lowest BCUT2D eigenvalue weighted by atomic mass is 10.0. The molecule has 0 aliphatic carbocycles. The van der Waals surface area contributed by atoms with Gasteiger partial charge < -0.3 is 19.5 Å². The van der Waals surface area contributed by atoms with Gasteiger partial charge in [0.05, 0.1) is 25.7 Å². The van der Waals surface area contributed by atoms with Gasteiger partial charge >= 0.3 is 12.1 Å². The summed E-state index contributed by atoms with van der Waals surface area (Å²) in [6.07, 6.45) is -4.93. The highest BCUT2D eigenvalue weighted by molar-refractivity contribution is 5.91. The zero-order chi connectivity index (χ0) is 17.4. The summed E-state index contributed by atoms with van der Waals surface area (Å²) in [5, 5.41) is 18.5. The molecular weight excluding hydrogens is 315 g/mol. The Morgan fingerprint density at radius 2 is 2.00 bits per heavy atom. The summed E-state index contributed by atoms with van der Waals surface area (Å²) in [4.78, 5) is 11.0. The highest BCUT2D eigenvalue weighted by Gasteiger charge is 2.35. The van der Waals surface area contributed by atoms with E-state index in [0.717, 1.165) is 13.2 Å². The first-order chi connectivity index (χ1) is 10.7. The molecule has 0 aliphatic rings. The molecule has 0 fully saturated rings. The number of halogens is 3. The monoisotopic (exact) mass is 331 g/mol. The van der Waals surface area contributed by atoms with Gasteiger partial charge in [0.1, 0.15) is 5.75 Å². The number of ether oxygens (including phenoxy) is 1. The van der Waals surface area contributed by atoms with Gasteiger partial charge in [-0.05, 0) is 24.6 Å². The zero-order valence-electron chi connectivity index (χ0n) is 12.6. The molecule has 2 rings (SSSR count). The van der Waals surface area contributed by atoms with Crippen LogP contribution in [-0.2, 0) is 23.9 Å². The molecule has 0 bridgehead atoms. The lowest BCUT2D eigenvalue weighted by Gasteiger charge is -2.13. The van der Waals surface area contributed by atoms with Gasteiger partial charge in [-0.2, -0.15) is 13.2 Å². The van der Waals surface area contributed by atoms with Crippen molar-refractivity contribution in [1.82, 2.24) is 4.57 Å². The number of nitrogens with zero attached hydrogens (tertiary/aromatic N) is 1. The molecule has 23 heavy (non-hydrogen) atoms. The zero-order valence-corrected chi connectivity index (χ0v) is 12.6. The standard InChI is InChI=1S/C15H16F3NO4/c1-8-9(6-14(21)22)10-5-13(23-2)11(15(16,17)18)7-12(10)19(8)3-4-20/h5,7,20H,3-4,6H2,1-2H3,(H,21,22). The van der Waals surface area contributed by atoms with Crippen LogP contribution in [0.3, 0.4) is 0 Å². The second kappa shape index (κ2) is 6.11. The molecule has 0 radical (unpaired) electrons. The van der Waals surface area contributed by atoms with Crippen LogP contribution >= 0.6 is 0 Å². The summed E-state index contributed by atoms with van der Waals surface area (Å²) in [5.41, 5.74) is 0.206. The van der Waals surface area contributed by atoms with Crippen molar-refractivity contribution in [3.05, 3.63) is 29.0 Å². The van der Waals surface area contributed by atoms with Crippen LogP contribution in [0.15, 0.2) is 12.1 Å². The van der Waals surface area contributed by atoms with E-state index in [1.165, 1.54) is 10.6 Å². The number of rotatable bonds is 5. The molecule has 1 aromatic heterocycles. The van der Waals surface area contributed by atoms with E-state index in [1.807, 2.05) is 0 Å². The minimum absolute atomic E-state index is 0.0750. The smallest absolute Gasteiger partial charge is 0.420 e. The van der Waals surface area contributed by atoms with Gasteiger partial charge in [0.2, 0.25) is 0 Å². The fourth-order valence-electron chi connectivity index (χ4n) is 2.72. The van der Waals surface area contributed by atoms with Crippen molar-refractivity contribution in [1.29, 1.82) is 0 Å². The van der Waals surface area contributed by atoms with Crippen molar-refractivity contribution < 1.29 is 32.9 Å². The molecule has 0 amide bonds. The van der Waals surface area contributed by atoms with Crippen LogP contribution in [0, 0.1) is 6.92 Å². The predicted molar refractivity (Wildman–Crippen MR) is 76.7 cm³/mol. The lowest BCUT2D eigenvalue weighted by Crippen LogP contribution is -2.09. The van der Waals surface area contributed by atoms with Crippen LogP contribution < -0.4 is 4.74 Å². The van der Waals surface area contributed by atoms with E-state index in [1.54, 1.807) is 6.92 Å². The van der Waals surface area contributed by atoms with Gasteiger partial charge in [0.25, 0.3) is 0 Å². The average Bonchev–Trinajstić information content (AvgIpc) is 2.70. The van der Waals surface area contributed by atoms with Crippen LogP contribution in [-0.4, -0.2) is 34.5 Å². The molecule has 1 heterocycles. The Hall–Kier alpha value is -2.22. The molecule has 0 saturated carbocycles. The maximum Gasteiger partial charge on any atom is 0.420 e. The molecule has 8 heteroatoms. The molecule has 0 unspecified atom stereocenters. The highest BCUT2D eigenvalue weighted by atomic mass is 19.4. The number of alkyl halides is 3. The van der Waals surface area contributed by atoms with E-state index >= 15 is 0 Å². The molecule has 5 nitrogen and oxygen atoms in total. The van der Waals surface area contributed by atoms with Crippen LogP contribution in [0.4, 0.5) is 13.2 Å². The lowest BCUT2D eigenvalue weighted by molar-refractivity contribution is -0.139. The molecule has 126 valence electrons. The van der Waals surface area contributed by atoms with Crippen molar-refractivity contribution >= 4 is 16.9 Å². The van der Waals surface area contributed by atoms with E-state index < -0.39 is 17.7 Å².